The Morgan fingerprint density at radius 3 is 0.538 bits per heavy atom. The Morgan fingerprint density at radius 2 is 0.372 bits per heavy atom. The van der Waals surface area contributed by atoms with Gasteiger partial charge in [0.2, 0.25) is 0 Å². The summed E-state index contributed by atoms with van der Waals surface area (Å²) in [5, 5.41) is 13.8. The molecular weight excluding hydrogens is 2370 g/mol. The summed E-state index contributed by atoms with van der Waals surface area (Å²) >= 11 is -2.48. The first-order valence-electron chi connectivity index (χ1n) is 45.9. The molecular formula is C134H182Cl6HfZr4. The Balaban J connectivity index is -0.000000199. The molecule has 11 heteroatoms. The summed E-state index contributed by atoms with van der Waals surface area (Å²) in [6, 6.07) is 65.6. The van der Waals surface area contributed by atoms with Gasteiger partial charge in [0.05, 0.1) is 0 Å². The summed E-state index contributed by atoms with van der Waals surface area (Å²) in [7, 11) is 29.6. The molecule has 0 nitrogen and oxygen atoms in total. The first kappa shape index (κ1) is 158. The topological polar surface area (TPSA) is 0 Å². The van der Waals surface area contributed by atoms with Gasteiger partial charge >= 0.3 is 166 Å². The number of hydrogen-bond acceptors (Lipinski definition) is 0. The molecule has 780 valence electrons. The number of hydrogen-bond donors (Lipinski definition) is 0. The third-order valence-electron chi connectivity index (χ3n) is 29.8. The summed E-state index contributed by atoms with van der Waals surface area (Å²) in [6.45, 7) is 66.8. The predicted molar refractivity (Wildman–Crippen MR) is 661 cm³/mol. The van der Waals surface area contributed by atoms with Crippen LogP contribution in [0.4, 0.5) is 0 Å². The zero-order valence-corrected chi connectivity index (χ0v) is 116. The molecule has 4 atom stereocenters. The Kier molecular flexibility index (Phi) is 82.5. The van der Waals surface area contributed by atoms with Crippen molar-refractivity contribution < 1.29 is 115 Å². The fraction of sp³-hybridized carbons (Fsp3) is 0.299. The Morgan fingerprint density at radius 1 is 0.200 bits per heavy atom. The van der Waals surface area contributed by atoms with E-state index in [2.05, 4.69) is 432 Å². The van der Waals surface area contributed by atoms with Gasteiger partial charge in [0.25, 0.3) is 0 Å². The second-order valence-electron chi connectivity index (χ2n) is 36.6. The van der Waals surface area contributed by atoms with E-state index >= 15 is 0 Å². The standard InChI is InChI=1S/2C15H14.3C14H12.3C10H16.2C9H14.14CH3.6ClH.Hf.4Zr/c2*1-10-9-11(2)15-13(10)8-7-12-5-3-4-6-14(12)15;3*1-10-6-8-14-12(10)9-7-11-4-2-3-5-13(11)14;3*1-6-7(2)9(4)10(5)8(6)3;2*1-6-5-7(2)9(4)8(6)3;;;;;;;;;;;;;;;;;;;;;;;;;/h2*3-9,11H,1-2H3;3*2-7,9H,8H2,1H3;3*6H,1-5H3;2*5-6H,1-4H3;14*1H3;6*1H;;;;;/q;;;;;;;;;;14*-1;;;;;;;5*+4/p-6. The van der Waals surface area contributed by atoms with Gasteiger partial charge in [-0.05, 0) is 390 Å². The molecule has 0 radical (unpaired) electrons. The molecule has 145 heavy (non-hydrogen) atoms. The minimum Gasteiger partial charge on any atom is 4.00 e. The molecule has 10 aliphatic rings. The van der Waals surface area contributed by atoms with Crippen molar-refractivity contribution >= 4 is 133 Å². The van der Waals surface area contributed by atoms with Crippen LogP contribution in [0.2, 0.25) is 0 Å². The smallest absolute Gasteiger partial charge is 4.00 e. The van der Waals surface area contributed by atoms with Crippen LogP contribution in [0.1, 0.15) is 275 Å². The zero-order chi connectivity index (χ0) is 95.3. The van der Waals surface area contributed by atoms with E-state index in [-0.39, 0.29) is 156 Å². The van der Waals surface area contributed by atoms with E-state index in [1.807, 2.05) is 0 Å². The molecule has 10 aromatic carbocycles. The molecule has 20 rings (SSSR count). The first-order valence-corrected chi connectivity index (χ1v) is 64.9. The molecule has 10 aliphatic carbocycles. The van der Waals surface area contributed by atoms with Crippen LogP contribution in [0, 0.1) is 134 Å². The predicted octanol–water partition coefficient (Wildman–Crippen LogP) is 46.3. The molecule has 0 saturated heterocycles. The summed E-state index contributed by atoms with van der Waals surface area (Å²) < 4.78 is 0. The van der Waals surface area contributed by atoms with Crippen molar-refractivity contribution in [2.45, 2.75) is 239 Å². The van der Waals surface area contributed by atoms with Crippen LogP contribution in [-0.4, -0.2) is 0 Å². The quantitative estimate of drug-likeness (QED) is 0.105. The molecule has 0 saturated carbocycles. The minimum atomic E-state index is -0.826. The average molecular weight is 2550 g/mol. The largest absolute Gasteiger partial charge is 4.00 e. The Bertz CT molecular complexity index is 5700. The van der Waals surface area contributed by atoms with Crippen LogP contribution in [0.25, 0.3) is 81.7 Å². The summed E-state index contributed by atoms with van der Waals surface area (Å²) in [4.78, 5) is 0. The molecule has 0 heterocycles. The van der Waals surface area contributed by atoms with Crippen LogP contribution in [0.3, 0.4) is 0 Å². The second-order valence-corrected chi connectivity index (χ2v) is 47.8. The van der Waals surface area contributed by atoms with Gasteiger partial charge in [-0.2, -0.15) is 0 Å². The first-order chi connectivity index (χ1) is 61.3. The minimum absolute atomic E-state index is 0. The summed E-state index contributed by atoms with van der Waals surface area (Å²) in [6.07, 6.45) is 19.6. The van der Waals surface area contributed by atoms with E-state index < -0.39 is 62.5 Å². The Labute approximate surface area is 988 Å². The molecule has 0 bridgehead atoms. The SMILES string of the molecule is CC1=C(C)C(C)C(C)=C1C.CC1=C(C)C(C)C(C)=C1C.CC1=C(C)C(C)C(C)=C1C.CC1=CC(C)C(C)=C1C.CC1=CC(C)C(C)=C1C.CC1=CC(C)c2c1ccc1ccccc21.CC1=CC(C)c2c1ccc1ccccc21.CC1=CCc2c1ccc1ccccc21.CC1=CCc2c1ccc1ccccc21.CC1=CCc2c1ccc1ccccc21.[CH3-].[CH3-].[CH3-].[CH3-].[CH3-].[CH3-].[CH3-].[CH3-].[CH3-].[CH3-].[CH3-].[CH3-].[CH3-].[CH3-].[Cl][Zr+2][Cl].[Cl][Zr+2][Cl].[Cl][Zr+2][Cl].[Hf+4].[Zr+4]. The van der Waals surface area contributed by atoms with Gasteiger partial charge in [-0.25, -0.2) is 0 Å². The molecule has 0 amide bonds. The molecule has 0 aromatic heterocycles. The van der Waals surface area contributed by atoms with Gasteiger partial charge in [0, 0.05) is 11.8 Å². The summed E-state index contributed by atoms with van der Waals surface area (Å²) in [5.41, 5.74) is 49.1. The van der Waals surface area contributed by atoms with Gasteiger partial charge < -0.3 is 104 Å². The Hall–Kier alpha value is -4.26. The fourth-order valence-corrected chi connectivity index (χ4v) is 19.5. The van der Waals surface area contributed by atoms with E-state index in [1.165, 1.54) is 204 Å². The van der Waals surface area contributed by atoms with E-state index in [0.29, 0.717) is 41.4 Å². The normalized spacial score (nSPS) is 16.0. The van der Waals surface area contributed by atoms with Crippen LogP contribution in [-0.2, 0) is 134 Å². The number of halogens is 6. The van der Waals surface area contributed by atoms with Crippen LogP contribution < -0.4 is 0 Å². The molecule has 4 unspecified atom stereocenters. The van der Waals surface area contributed by atoms with Crippen molar-refractivity contribution in [3.8, 4) is 0 Å². The van der Waals surface area contributed by atoms with Gasteiger partial charge in [0.1, 0.15) is 0 Å². The molecule has 10 aromatic rings. The van der Waals surface area contributed by atoms with Gasteiger partial charge in [0.15, 0.2) is 0 Å². The maximum absolute atomic E-state index is 4.93. The third kappa shape index (κ3) is 39.6. The van der Waals surface area contributed by atoms with E-state index in [1.54, 1.807) is 33.4 Å². The van der Waals surface area contributed by atoms with E-state index in [4.69, 9.17) is 51.1 Å². The molecule has 0 fully saturated rings. The maximum atomic E-state index is 4.93. The van der Waals surface area contributed by atoms with Crippen molar-refractivity contribution in [3.63, 3.8) is 0 Å². The van der Waals surface area contributed by atoms with Crippen molar-refractivity contribution in [2.75, 3.05) is 0 Å². The van der Waals surface area contributed by atoms with Crippen LogP contribution >= 0.6 is 51.1 Å². The van der Waals surface area contributed by atoms with Crippen molar-refractivity contribution in [1.82, 2.24) is 0 Å². The number of fused-ring (bicyclic) bond motifs is 15. The van der Waals surface area contributed by atoms with Crippen LogP contribution in [0.15, 0.2) is 325 Å². The van der Waals surface area contributed by atoms with Crippen LogP contribution in [0.5, 0.6) is 0 Å². The zero-order valence-electron chi connectivity index (χ0n) is 97.8. The van der Waals surface area contributed by atoms with Crippen molar-refractivity contribution in [1.29, 1.82) is 0 Å². The van der Waals surface area contributed by atoms with Crippen molar-refractivity contribution in [2.24, 2.45) is 29.6 Å². The third-order valence-corrected chi connectivity index (χ3v) is 29.8. The van der Waals surface area contributed by atoms with E-state index in [0.717, 1.165) is 19.3 Å². The maximum Gasteiger partial charge on any atom is 4.00 e. The number of allylic oxidation sites excluding steroid dienone is 30. The molecule has 0 aliphatic heterocycles. The monoisotopic (exact) mass is 2540 g/mol. The number of rotatable bonds is 0. The van der Waals surface area contributed by atoms with Gasteiger partial charge in [-0.3, -0.25) is 0 Å². The molecule has 0 N–H and O–H groups in total. The fourth-order valence-electron chi connectivity index (χ4n) is 19.5. The van der Waals surface area contributed by atoms with Gasteiger partial charge in [-0.1, -0.05) is 329 Å². The van der Waals surface area contributed by atoms with Crippen molar-refractivity contribution in [3.05, 3.63) is 484 Å². The van der Waals surface area contributed by atoms with E-state index in [9.17, 15) is 0 Å². The average Bonchev–Trinajstić information content (AvgIpc) is 1.61. The second kappa shape index (κ2) is 75.5. The molecule has 0 spiro atoms. The van der Waals surface area contributed by atoms with Gasteiger partial charge in [-0.15, -0.1) is 0 Å². The summed E-state index contributed by atoms with van der Waals surface area (Å²) in [5.74, 6) is 4.58. The number of benzene rings is 10.